The fraction of sp³-hybridized carbons (Fsp3) is 0.182. The number of ketones is 1. The molecule has 7 heteroatoms. The highest BCUT2D eigenvalue weighted by Crippen LogP contribution is 2.27. The summed E-state index contributed by atoms with van der Waals surface area (Å²) in [5.74, 6) is 0.0610. The van der Waals surface area contributed by atoms with Crippen LogP contribution in [-0.2, 0) is 11.2 Å². The number of amides is 1. The molecule has 3 aromatic rings. The Morgan fingerprint density at radius 1 is 1.00 bits per heavy atom. The van der Waals surface area contributed by atoms with E-state index in [1.165, 1.54) is 12.1 Å². The molecule has 1 heterocycles. The van der Waals surface area contributed by atoms with Crippen LogP contribution in [0.5, 0.6) is 17.2 Å². The average Bonchev–Trinajstić information content (AvgIpc) is 3.23. The molecule has 2 aromatic carbocycles. The number of nitrogens with zero attached hydrogens (tertiary/aromatic N) is 1. The molecule has 0 bridgehead atoms. The first-order chi connectivity index (χ1) is 14.0. The van der Waals surface area contributed by atoms with Crippen LogP contribution in [-0.4, -0.2) is 42.1 Å². The second kappa shape index (κ2) is 8.97. The largest absolute Gasteiger partial charge is 0.508 e. The fourth-order valence-corrected chi connectivity index (χ4v) is 2.96. The Kier molecular flexibility index (Phi) is 6.19. The number of methoxy groups -OCH3 is 2. The highest BCUT2D eigenvalue weighted by atomic mass is 16.5. The minimum absolute atomic E-state index is 0.127. The van der Waals surface area contributed by atoms with Gasteiger partial charge in [0.25, 0.3) is 11.7 Å². The zero-order chi connectivity index (χ0) is 20.8. The van der Waals surface area contributed by atoms with Gasteiger partial charge in [0.2, 0.25) is 0 Å². The molecule has 0 spiro atoms. The van der Waals surface area contributed by atoms with Crippen LogP contribution in [0.1, 0.15) is 16.1 Å². The zero-order valence-corrected chi connectivity index (χ0v) is 16.2. The van der Waals surface area contributed by atoms with E-state index in [4.69, 9.17) is 9.47 Å². The van der Waals surface area contributed by atoms with Crippen molar-refractivity contribution >= 4 is 11.7 Å². The van der Waals surface area contributed by atoms with Gasteiger partial charge in [-0.25, -0.2) is 0 Å². The molecule has 0 unspecified atom stereocenters. The first kappa shape index (κ1) is 20.0. The lowest BCUT2D eigenvalue weighted by Gasteiger charge is -2.11. The Morgan fingerprint density at radius 3 is 2.41 bits per heavy atom. The van der Waals surface area contributed by atoms with Crippen LogP contribution in [0.2, 0.25) is 0 Å². The molecule has 0 radical (unpaired) electrons. The Morgan fingerprint density at radius 2 is 1.72 bits per heavy atom. The third kappa shape index (κ3) is 4.57. The van der Waals surface area contributed by atoms with E-state index in [1.54, 1.807) is 55.3 Å². The number of rotatable bonds is 8. The van der Waals surface area contributed by atoms with E-state index >= 15 is 0 Å². The van der Waals surface area contributed by atoms with Gasteiger partial charge in [0.1, 0.15) is 5.75 Å². The summed E-state index contributed by atoms with van der Waals surface area (Å²) in [6, 6.07) is 15.2. The summed E-state index contributed by atoms with van der Waals surface area (Å²) in [5.41, 5.74) is 1.87. The third-order valence-electron chi connectivity index (χ3n) is 4.46. The number of hydrogen-bond donors (Lipinski definition) is 2. The summed E-state index contributed by atoms with van der Waals surface area (Å²) < 4.78 is 12.1. The van der Waals surface area contributed by atoms with Crippen molar-refractivity contribution in [2.75, 3.05) is 20.8 Å². The molecule has 0 atom stereocenters. The zero-order valence-electron chi connectivity index (χ0n) is 16.2. The van der Waals surface area contributed by atoms with Crippen molar-refractivity contribution in [3.63, 3.8) is 0 Å². The van der Waals surface area contributed by atoms with Crippen molar-refractivity contribution < 1.29 is 24.2 Å². The van der Waals surface area contributed by atoms with Gasteiger partial charge in [-0.3, -0.25) is 9.59 Å². The van der Waals surface area contributed by atoms with Gasteiger partial charge in [0.05, 0.1) is 19.9 Å². The van der Waals surface area contributed by atoms with Crippen LogP contribution in [0.15, 0.2) is 60.8 Å². The van der Waals surface area contributed by atoms with Crippen LogP contribution < -0.4 is 14.8 Å². The van der Waals surface area contributed by atoms with Crippen molar-refractivity contribution in [1.82, 2.24) is 9.88 Å². The molecule has 29 heavy (non-hydrogen) atoms. The summed E-state index contributed by atoms with van der Waals surface area (Å²) in [5, 5.41) is 12.1. The first-order valence-electron chi connectivity index (χ1n) is 9.03. The van der Waals surface area contributed by atoms with Crippen LogP contribution >= 0.6 is 0 Å². The van der Waals surface area contributed by atoms with Crippen molar-refractivity contribution in [2.45, 2.75) is 6.42 Å². The summed E-state index contributed by atoms with van der Waals surface area (Å²) in [6.45, 7) is 0.306. The third-order valence-corrected chi connectivity index (χ3v) is 4.46. The molecule has 7 nitrogen and oxygen atoms in total. The fourth-order valence-electron chi connectivity index (χ4n) is 2.96. The molecule has 0 aliphatic heterocycles. The molecular weight excluding hydrogens is 372 g/mol. The van der Waals surface area contributed by atoms with E-state index < -0.39 is 11.7 Å². The van der Waals surface area contributed by atoms with Crippen LogP contribution in [0.4, 0.5) is 0 Å². The lowest BCUT2D eigenvalue weighted by Crippen LogP contribution is -2.33. The topological polar surface area (TPSA) is 89.8 Å². The smallest absolute Gasteiger partial charge is 0.294 e. The number of carbonyl (C=O) groups is 2. The second-order valence-corrected chi connectivity index (χ2v) is 6.30. The number of ether oxygens (including phenoxy) is 2. The van der Waals surface area contributed by atoms with E-state index in [-0.39, 0.29) is 11.4 Å². The summed E-state index contributed by atoms with van der Waals surface area (Å²) in [4.78, 5) is 24.9. The quantitative estimate of drug-likeness (QED) is 0.453. The minimum atomic E-state index is -0.677. The van der Waals surface area contributed by atoms with Crippen LogP contribution in [0.25, 0.3) is 5.69 Å². The standard InChI is InChI=1S/C22H22N2O5/c1-28-19-10-5-15(14-20(19)29-2)11-12-23-22(27)21(26)18-4-3-13-24(18)16-6-8-17(25)9-7-16/h3-10,13-14,25H,11-12H2,1-2H3,(H,23,27). The molecular formula is C22H22N2O5. The number of nitrogens with one attached hydrogen (secondary N) is 1. The van der Waals surface area contributed by atoms with Gasteiger partial charge >= 0.3 is 0 Å². The molecule has 2 N–H and O–H groups in total. The number of aromatic hydroxyl groups is 1. The van der Waals surface area contributed by atoms with Gasteiger partial charge < -0.3 is 24.5 Å². The monoisotopic (exact) mass is 394 g/mol. The molecule has 0 fully saturated rings. The van der Waals surface area contributed by atoms with E-state index in [0.29, 0.717) is 30.2 Å². The van der Waals surface area contributed by atoms with Gasteiger partial charge in [-0.15, -0.1) is 0 Å². The summed E-state index contributed by atoms with van der Waals surface area (Å²) >= 11 is 0. The predicted molar refractivity (Wildman–Crippen MR) is 108 cm³/mol. The molecule has 3 rings (SSSR count). The molecule has 150 valence electrons. The molecule has 0 saturated heterocycles. The molecule has 1 amide bonds. The van der Waals surface area contributed by atoms with Crippen molar-refractivity contribution in [1.29, 1.82) is 0 Å². The van der Waals surface area contributed by atoms with E-state index in [2.05, 4.69) is 5.32 Å². The first-order valence-corrected chi connectivity index (χ1v) is 9.03. The minimum Gasteiger partial charge on any atom is -0.508 e. The van der Waals surface area contributed by atoms with Gasteiger partial charge in [-0.2, -0.15) is 0 Å². The molecule has 0 saturated carbocycles. The van der Waals surface area contributed by atoms with E-state index in [9.17, 15) is 14.7 Å². The van der Waals surface area contributed by atoms with E-state index in [0.717, 1.165) is 5.56 Å². The van der Waals surface area contributed by atoms with Crippen molar-refractivity contribution in [3.8, 4) is 22.9 Å². The average molecular weight is 394 g/mol. The highest BCUT2D eigenvalue weighted by molar-refractivity contribution is 6.42. The van der Waals surface area contributed by atoms with Crippen LogP contribution in [0.3, 0.4) is 0 Å². The van der Waals surface area contributed by atoms with Gasteiger partial charge in [0.15, 0.2) is 11.5 Å². The van der Waals surface area contributed by atoms with Crippen LogP contribution in [0, 0.1) is 0 Å². The number of benzene rings is 2. The normalized spacial score (nSPS) is 10.4. The van der Waals surface area contributed by atoms with Crippen molar-refractivity contribution in [3.05, 3.63) is 72.1 Å². The predicted octanol–water partition coefficient (Wildman–Crippen LogP) is 2.74. The molecule has 0 aliphatic rings. The van der Waals surface area contributed by atoms with Gasteiger partial charge in [-0.05, 0) is 60.5 Å². The maximum absolute atomic E-state index is 12.6. The number of Topliss-reactive ketones (excluding diaryl/α,β-unsaturated/α-hetero) is 1. The maximum atomic E-state index is 12.6. The Bertz CT molecular complexity index is 1010. The molecule has 1 aromatic heterocycles. The number of carbonyl (C=O) groups excluding carboxylic acids is 2. The number of aromatic nitrogens is 1. The molecule has 0 aliphatic carbocycles. The maximum Gasteiger partial charge on any atom is 0.294 e. The Balaban J connectivity index is 1.63. The lowest BCUT2D eigenvalue weighted by atomic mass is 10.1. The second-order valence-electron chi connectivity index (χ2n) is 6.30. The summed E-state index contributed by atoms with van der Waals surface area (Å²) in [7, 11) is 3.13. The van der Waals surface area contributed by atoms with Gasteiger partial charge in [0, 0.05) is 18.4 Å². The number of phenolic OH excluding ortho intramolecular Hbond substituents is 1. The Labute approximate surface area is 168 Å². The Hall–Kier alpha value is -3.74. The SMILES string of the molecule is COc1ccc(CCNC(=O)C(=O)c2cccn2-c2ccc(O)cc2)cc1OC. The number of hydrogen-bond acceptors (Lipinski definition) is 5. The number of phenols is 1. The highest BCUT2D eigenvalue weighted by Gasteiger charge is 2.20. The van der Waals surface area contributed by atoms with Crippen molar-refractivity contribution in [2.24, 2.45) is 0 Å². The van der Waals surface area contributed by atoms with E-state index in [1.807, 2.05) is 12.1 Å². The summed E-state index contributed by atoms with van der Waals surface area (Å²) in [6.07, 6.45) is 2.23. The van der Waals surface area contributed by atoms with Gasteiger partial charge in [-0.1, -0.05) is 6.07 Å². The lowest BCUT2D eigenvalue weighted by molar-refractivity contribution is -0.117.